The number of aromatic hydroxyl groups is 2. The highest BCUT2D eigenvalue weighted by Gasteiger charge is 2.12. The smallest absolute Gasteiger partial charge is 0.343 e. The third kappa shape index (κ3) is 14.4. The van der Waals surface area contributed by atoms with Crippen molar-refractivity contribution in [3.8, 4) is 34.5 Å². The first-order valence-corrected chi connectivity index (χ1v) is 18.9. The van der Waals surface area contributed by atoms with E-state index in [1.165, 1.54) is 12.1 Å². The first-order chi connectivity index (χ1) is 26.4. The highest BCUT2D eigenvalue weighted by Crippen LogP contribution is 2.25. The van der Waals surface area contributed by atoms with Gasteiger partial charge in [-0.2, -0.15) is 0 Å². The second-order valence-corrected chi connectivity index (χ2v) is 12.9. The lowest BCUT2D eigenvalue weighted by atomic mass is 10.1. The molecule has 0 fully saturated rings. The monoisotopic (exact) mass is 736 g/mol. The van der Waals surface area contributed by atoms with Gasteiger partial charge in [0.05, 0.1) is 24.3 Å². The number of benzene rings is 4. The number of carbonyl (C=O) groups excluding carboxylic acids is 2. The van der Waals surface area contributed by atoms with Crippen molar-refractivity contribution in [2.45, 2.75) is 78.1 Å². The quantitative estimate of drug-likeness (QED) is 0.0333. The van der Waals surface area contributed by atoms with Crippen LogP contribution in [0, 0.1) is 0 Å². The van der Waals surface area contributed by atoms with Crippen LogP contribution < -0.4 is 18.9 Å². The lowest BCUT2D eigenvalue weighted by molar-refractivity contribution is 0.0724. The summed E-state index contributed by atoms with van der Waals surface area (Å²) >= 11 is 0. The van der Waals surface area contributed by atoms with Crippen molar-refractivity contribution in [1.82, 2.24) is 0 Å². The molecule has 0 aliphatic carbocycles. The minimum absolute atomic E-state index is 0.00859. The van der Waals surface area contributed by atoms with E-state index in [4.69, 9.17) is 18.9 Å². The first-order valence-electron chi connectivity index (χ1n) is 18.9. The number of esters is 2. The van der Waals surface area contributed by atoms with Gasteiger partial charge in [0.25, 0.3) is 0 Å². The fourth-order valence-corrected chi connectivity index (χ4v) is 5.21. The van der Waals surface area contributed by atoms with E-state index in [9.17, 15) is 19.8 Å². The number of unbranched alkanes of at least 4 members (excludes halogenated alkanes) is 7. The van der Waals surface area contributed by atoms with Crippen molar-refractivity contribution in [1.29, 1.82) is 0 Å². The van der Waals surface area contributed by atoms with Gasteiger partial charge in [-0.25, -0.2) is 9.59 Å². The average molecular weight is 737 g/mol. The summed E-state index contributed by atoms with van der Waals surface area (Å²) in [7, 11) is 0. The molecule has 4 aromatic carbocycles. The maximum Gasteiger partial charge on any atom is 0.343 e. The van der Waals surface area contributed by atoms with Crippen molar-refractivity contribution < 1.29 is 38.7 Å². The highest BCUT2D eigenvalue weighted by molar-refractivity contribution is 5.92. The largest absolute Gasteiger partial charge is 0.507 e. The summed E-state index contributed by atoms with van der Waals surface area (Å²) in [4.78, 5) is 33.9. The van der Waals surface area contributed by atoms with Crippen molar-refractivity contribution in [3.05, 3.63) is 107 Å². The van der Waals surface area contributed by atoms with Crippen LogP contribution in [-0.4, -0.2) is 60.9 Å². The van der Waals surface area contributed by atoms with Gasteiger partial charge >= 0.3 is 11.9 Å². The van der Waals surface area contributed by atoms with Gasteiger partial charge in [0, 0.05) is 48.8 Å². The number of carbonyl (C=O) groups is 2. The van der Waals surface area contributed by atoms with Crippen LogP contribution in [0.4, 0.5) is 0 Å². The number of phenolic OH excluding ortho intramolecular Hbond substituents is 2. The van der Waals surface area contributed by atoms with E-state index in [0.717, 1.165) is 64.2 Å². The molecule has 0 bridgehead atoms. The molecule has 0 heterocycles. The molecular formula is C44H52N2O8. The summed E-state index contributed by atoms with van der Waals surface area (Å²) in [6.07, 6.45) is 13.5. The number of phenols is 2. The zero-order valence-electron chi connectivity index (χ0n) is 31.4. The molecule has 0 saturated heterocycles. The average Bonchev–Trinajstić information content (AvgIpc) is 3.17. The molecule has 10 heteroatoms. The molecule has 4 rings (SSSR count). The number of hydrogen-bond donors (Lipinski definition) is 2. The Morgan fingerprint density at radius 1 is 0.519 bits per heavy atom. The number of rotatable bonds is 23. The molecule has 54 heavy (non-hydrogen) atoms. The molecule has 0 atom stereocenters. The van der Waals surface area contributed by atoms with Crippen molar-refractivity contribution in [2.75, 3.05) is 26.3 Å². The molecule has 4 aromatic rings. The summed E-state index contributed by atoms with van der Waals surface area (Å²) in [6.45, 7) is 6.78. The third-order valence-corrected chi connectivity index (χ3v) is 8.42. The molecule has 0 saturated carbocycles. The van der Waals surface area contributed by atoms with Crippen LogP contribution in [0.1, 0.15) is 110 Å². The maximum absolute atomic E-state index is 12.5. The molecule has 0 aromatic heterocycles. The van der Waals surface area contributed by atoms with E-state index in [1.807, 2.05) is 0 Å². The van der Waals surface area contributed by atoms with Crippen molar-refractivity contribution in [2.24, 2.45) is 9.98 Å². The van der Waals surface area contributed by atoms with E-state index < -0.39 is 11.9 Å². The van der Waals surface area contributed by atoms with Crippen LogP contribution in [-0.2, 0) is 0 Å². The third-order valence-electron chi connectivity index (χ3n) is 8.42. The molecule has 0 aliphatic heterocycles. The maximum atomic E-state index is 12.5. The Morgan fingerprint density at radius 3 is 1.26 bits per heavy atom. The molecule has 0 amide bonds. The molecule has 2 N–H and O–H groups in total. The topological polar surface area (TPSA) is 136 Å². The highest BCUT2D eigenvalue weighted by atomic mass is 16.5. The number of nitrogens with zero attached hydrogens (tertiary/aromatic N) is 2. The van der Waals surface area contributed by atoms with Gasteiger partial charge in [0.1, 0.15) is 34.5 Å². The summed E-state index contributed by atoms with van der Waals surface area (Å²) < 4.78 is 22.1. The Kier molecular flexibility index (Phi) is 17.6. The molecule has 0 radical (unpaired) electrons. The van der Waals surface area contributed by atoms with Gasteiger partial charge in [-0.3, -0.25) is 9.98 Å². The minimum Gasteiger partial charge on any atom is -0.507 e. The second kappa shape index (κ2) is 23.1. The van der Waals surface area contributed by atoms with Crippen LogP contribution in [0.2, 0.25) is 0 Å². The summed E-state index contributed by atoms with van der Waals surface area (Å²) in [5, 5.41) is 20.8. The molecular weight excluding hydrogens is 684 g/mol. The molecule has 10 nitrogen and oxygen atoms in total. The normalized spacial score (nSPS) is 11.2. The molecule has 286 valence electrons. The van der Waals surface area contributed by atoms with E-state index >= 15 is 0 Å². The summed E-state index contributed by atoms with van der Waals surface area (Å²) in [5.41, 5.74) is 1.90. The van der Waals surface area contributed by atoms with Crippen molar-refractivity contribution in [3.63, 3.8) is 0 Å². The van der Waals surface area contributed by atoms with Gasteiger partial charge < -0.3 is 29.2 Å². The number of aliphatic imine (C=N–C) groups is 2. The van der Waals surface area contributed by atoms with Gasteiger partial charge in [-0.15, -0.1) is 0 Å². The predicted molar refractivity (Wildman–Crippen MR) is 212 cm³/mol. The van der Waals surface area contributed by atoms with Crippen LogP contribution in [0.25, 0.3) is 0 Å². The fourth-order valence-electron chi connectivity index (χ4n) is 5.21. The van der Waals surface area contributed by atoms with E-state index in [-0.39, 0.29) is 23.0 Å². The lowest BCUT2D eigenvalue weighted by Crippen LogP contribution is -2.08. The number of ether oxygens (including phenoxy) is 4. The predicted octanol–water partition coefficient (Wildman–Crippen LogP) is 9.77. The zero-order valence-corrected chi connectivity index (χ0v) is 31.4. The Balaban J connectivity index is 1.06. The van der Waals surface area contributed by atoms with E-state index in [1.54, 1.807) is 85.2 Å². The Morgan fingerprint density at radius 2 is 0.889 bits per heavy atom. The van der Waals surface area contributed by atoms with Crippen molar-refractivity contribution >= 4 is 24.4 Å². The van der Waals surface area contributed by atoms with Crippen LogP contribution >= 0.6 is 0 Å². The van der Waals surface area contributed by atoms with Crippen LogP contribution in [0.5, 0.6) is 34.5 Å². The van der Waals surface area contributed by atoms with Crippen LogP contribution in [0.15, 0.2) is 94.9 Å². The Bertz CT molecular complexity index is 1670. The zero-order chi connectivity index (χ0) is 38.4. The van der Waals surface area contributed by atoms with Gasteiger partial charge in [-0.1, -0.05) is 52.4 Å². The first kappa shape index (κ1) is 41.1. The molecule has 0 aliphatic rings. The lowest BCUT2D eigenvalue weighted by Gasteiger charge is -2.08. The molecule has 0 unspecified atom stereocenters. The summed E-state index contributed by atoms with van der Waals surface area (Å²) in [6, 6.07) is 23.1. The Hall–Kier alpha value is -5.64. The Labute approximate surface area is 318 Å². The van der Waals surface area contributed by atoms with E-state index in [0.29, 0.717) is 60.1 Å². The van der Waals surface area contributed by atoms with Gasteiger partial charge in [0.2, 0.25) is 0 Å². The standard InChI is InChI=1S/C44H52N2O8/c1-3-5-27-51-37-19-13-33(14-20-37)43(49)53-39-23-17-35(41(47)29-39)31-45-25-11-9-7-8-10-12-26-46-32-36-18-24-40(30-42(36)48)54-44(50)34-15-21-38(22-16-34)52-28-6-4-2/h13-24,29-32,47-48H,3-12,25-28H2,1-2H3. The SMILES string of the molecule is CCCCOc1ccc(C(=O)Oc2ccc(C=NCCCCCCCCN=Cc3ccc(OC(=O)c4ccc(OCCCC)cc4)cc3O)c(O)c2)cc1. The van der Waals surface area contributed by atoms with Gasteiger partial charge in [-0.05, 0) is 98.5 Å². The molecule has 0 spiro atoms. The fraction of sp³-hybridized carbons (Fsp3) is 0.364. The minimum atomic E-state index is -0.514. The number of hydrogen-bond acceptors (Lipinski definition) is 10. The second-order valence-electron chi connectivity index (χ2n) is 12.9. The summed E-state index contributed by atoms with van der Waals surface area (Å²) in [5.74, 6) is 0.871. The van der Waals surface area contributed by atoms with Gasteiger partial charge in [0.15, 0.2) is 0 Å². The van der Waals surface area contributed by atoms with Crippen LogP contribution in [0.3, 0.4) is 0 Å². The van der Waals surface area contributed by atoms with E-state index in [2.05, 4.69) is 23.8 Å².